The van der Waals surface area contributed by atoms with E-state index in [9.17, 15) is 0 Å². The average Bonchev–Trinajstić information content (AvgIpc) is 2.83. The molecule has 2 aliphatic carbocycles. The van der Waals surface area contributed by atoms with Crippen LogP contribution in [0.1, 0.15) is 141 Å². The van der Waals surface area contributed by atoms with Gasteiger partial charge in [-0.1, -0.05) is 0 Å². The van der Waals surface area contributed by atoms with Crippen molar-refractivity contribution >= 4 is 13.9 Å². The molecule has 0 aromatic heterocycles. The van der Waals surface area contributed by atoms with Crippen LogP contribution >= 0.6 is 0 Å². The molecule has 3 aliphatic rings. The zero-order valence-electron chi connectivity index (χ0n) is 21.5. The molecule has 2 spiro atoms. The van der Waals surface area contributed by atoms with E-state index in [-0.39, 0.29) is 0 Å². The van der Waals surface area contributed by atoms with Crippen LogP contribution in [0.2, 0.25) is 11.5 Å². The van der Waals surface area contributed by atoms with Gasteiger partial charge in [-0.3, -0.25) is 0 Å². The van der Waals surface area contributed by atoms with E-state index in [0.29, 0.717) is 0 Å². The third kappa shape index (κ3) is 10.4. The summed E-state index contributed by atoms with van der Waals surface area (Å²) < 4.78 is 11.9. The molecule has 0 N–H and O–H groups in total. The minimum atomic E-state index is -3.24. The third-order valence-electron chi connectivity index (χ3n) is 7.36. The summed E-state index contributed by atoms with van der Waals surface area (Å²) in [5.74, 6) is 2.26. The maximum atomic E-state index is 6.28. The van der Waals surface area contributed by atoms with Gasteiger partial charge in [-0.25, -0.2) is 0 Å². The van der Waals surface area contributed by atoms with Crippen LogP contribution in [0.25, 0.3) is 0 Å². The van der Waals surface area contributed by atoms with Crippen LogP contribution in [0, 0.1) is 0 Å². The van der Waals surface area contributed by atoms with E-state index in [1.54, 1.807) is 0 Å². The van der Waals surface area contributed by atoms with Gasteiger partial charge in [0.25, 0.3) is 0 Å². The van der Waals surface area contributed by atoms with Crippen molar-refractivity contribution in [3.63, 3.8) is 0 Å². The Bertz CT molecular complexity index is 461. The summed E-state index contributed by atoms with van der Waals surface area (Å²) in [7, 11) is 0. The van der Waals surface area contributed by atoms with Crippen molar-refractivity contribution in [3.05, 3.63) is 0 Å². The molecule has 33 heavy (non-hydrogen) atoms. The van der Waals surface area contributed by atoms with E-state index in [1.165, 1.54) is 89.9 Å². The maximum absolute atomic E-state index is 6.28. The minimum absolute atomic E-state index is 0.779. The Morgan fingerprint density at radius 2 is 0.606 bits per heavy atom. The molecule has 3 fully saturated rings. The van der Waals surface area contributed by atoms with Crippen LogP contribution in [0.5, 0.6) is 0 Å². The molecular formula is C26H50GeO6. The molecule has 6 nitrogen and oxygen atoms in total. The molecule has 0 aromatic rings. The molecule has 0 atom stereocenters. The first-order valence-corrected chi connectivity index (χ1v) is 20.0. The summed E-state index contributed by atoms with van der Waals surface area (Å²) in [4.78, 5) is 24.8. The van der Waals surface area contributed by atoms with E-state index in [0.717, 1.165) is 51.4 Å². The fraction of sp³-hybridized carbons (Fsp3) is 1.00. The Labute approximate surface area is 205 Å². The van der Waals surface area contributed by atoms with Gasteiger partial charge in [-0.15, -0.1) is 0 Å². The molecule has 194 valence electrons. The van der Waals surface area contributed by atoms with Crippen molar-refractivity contribution in [1.29, 1.82) is 0 Å². The normalized spacial score (nSPS) is 29.3. The molecule has 2 saturated carbocycles. The molecular weight excluding hydrogens is 481 g/mol. The second-order valence-corrected chi connectivity index (χ2v) is 17.7. The molecule has 1 heterocycles. The fourth-order valence-corrected chi connectivity index (χ4v) is 6.72. The van der Waals surface area contributed by atoms with Crippen LogP contribution in [-0.2, 0) is 27.4 Å². The van der Waals surface area contributed by atoms with Crippen LogP contribution in [-0.4, -0.2) is 25.5 Å². The van der Waals surface area contributed by atoms with Crippen LogP contribution in [0.4, 0.5) is 0 Å². The third-order valence-corrected chi connectivity index (χ3v) is 9.40. The number of hydrogen-bond donors (Lipinski definition) is 0. The van der Waals surface area contributed by atoms with E-state index >= 15 is 0 Å². The van der Waals surface area contributed by atoms with E-state index < -0.39 is 25.5 Å². The molecule has 0 unspecified atom stereocenters. The van der Waals surface area contributed by atoms with Gasteiger partial charge in [0.1, 0.15) is 0 Å². The van der Waals surface area contributed by atoms with Crippen LogP contribution in [0.3, 0.4) is 0 Å². The second-order valence-electron chi connectivity index (χ2n) is 11.1. The van der Waals surface area contributed by atoms with Crippen molar-refractivity contribution in [2.45, 2.75) is 164 Å². The SMILES string of the molecule is [CH3][Ge]1([CH3])[O]OC2(CCCCCCCCCCC2)OOC2(CCCCCCCCCCC2)O[O]1. The first kappa shape index (κ1) is 27.9. The predicted molar refractivity (Wildman–Crippen MR) is 131 cm³/mol. The number of hydrogen-bond acceptors (Lipinski definition) is 6. The second kappa shape index (κ2) is 14.8. The molecule has 0 bridgehead atoms. The zero-order chi connectivity index (χ0) is 23.3. The van der Waals surface area contributed by atoms with E-state index in [1.807, 2.05) is 11.5 Å². The Kier molecular flexibility index (Phi) is 12.5. The monoisotopic (exact) mass is 532 g/mol. The summed E-state index contributed by atoms with van der Waals surface area (Å²) in [6.45, 7) is 0. The molecule has 0 amide bonds. The van der Waals surface area contributed by atoms with Crippen molar-refractivity contribution in [2.75, 3.05) is 0 Å². The molecule has 3 rings (SSSR count). The molecule has 7 heteroatoms. The Hall–Kier alpha value is 0.303. The fourth-order valence-electron chi connectivity index (χ4n) is 5.18. The van der Waals surface area contributed by atoms with Crippen molar-refractivity contribution in [1.82, 2.24) is 0 Å². The molecule has 1 aliphatic heterocycles. The summed E-state index contributed by atoms with van der Waals surface area (Å²) >= 11 is -3.24. The Morgan fingerprint density at radius 1 is 0.364 bits per heavy atom. The van der Waals surface area contributed by atoms with Crippen LogP contribution in [0.15, 0.2) is 0 Å². The van der Waals surface area contributed by atoms with Crippen molar-refractivity contribution < 1.29 is 27.4 Å². The summed E-state index contributed by atoms with van der Waals surface area (Å²) in [5.41, 5.74) is 0. The Balaban J connectivity index is 1.75. The Morgan fingerprint density at radius 3 is 0.879 bits per heavy atom. The summed E-state index contributed by atoms with van der Waals surface area (Å²) in [6, 6.07) is 0. The number of rotatable bonds is 0. The van der Waals surface area contributed by atoms with Gasteiger partial charge in [-0.05, 0) is 0 Å². The van der Waals surface area contributed by atoms with Gasteiger partial charge >= 0.3 is 206 Å². The summed E-state index contributed by atoms with van der Waals surface area (Å²) in [6.07, 6.45) is 25.2. The van der Waals surface area contributed by atoms with Crippen molar-refractivity contribution in [2.24, 2.45) is 0 Å². The van der Waals surface area contributed by atoms with Gasteiger partial charge in [0.2, 0.25) is 0 Å². The van der Waals surface area contributed by atoms with E-state index in [4.69, 9.17) is 27.4 Å². The quantitative estimate of drug-likeness (QED) is 0.231. The zero-order valence-corrected chi connectivity index (χ0v) is 23.6. The predicted octanol–water partition coefficient (Wildman–Crippen LogP) is 8.55. The van der Waals surface area contributed by atoms with Gasteiger partial charge in [0.05, 0.1) is 0 Å². The summed E-state index contributed by atoms with van der Waals surface area (Å²) in [5, 5.41) is 0. The van der Waals surface area contributed by atoms with E-state index in [2.05, 4.69) is 0 Å². The van der Waals surface area contributed by atoms with Gasteiger partial charge in [0, 0.05) is 0 Å². The topological polar surface area (TPSA) is 55.4 Å². The first-order chi connectivity index (χ1) is 16.0. The molecule has 0 radical (unpaired) electrons. The van der Waals surface area contributed by atoms with Gasteiger partial charge in [0.15, 0.2) is 0 Å². The van der Waals surface area contributed by atoms with Crippen LogP contribution < -0.4 is 0 Å². The van der Waals surface area contributed by atoms with Gasteiger partial charge in [-0.2, -0.15) is 0 Å². The van der Waals surface area contributed by atoms with Gasteiger partial charge < -0.3 is 0 Å². The average molecular weight is 531 g/mol. The van der Waals surface area contributed by atoms with Crippen molar-refractivity contribution in [3.8, 4) is 0 Å². The standard InChI is InChI=1S/C26H50GeO6/c1-27(2)32-30-25(21-17-13-9-5-3-6-10-14-18-22-25)28-29-26(31-33-27)23-19-15-11-7-4-8-12-16-20-24-26/h3-24H2,1-2H3. The first-order valence-electron chi connectivity index (χ1n) is 14.1. The molecule has 0 aromatic carbocycles. The molecule has 1 saturated heterocycles.